The number of aromatic nitrogens is 1. The van der Waals surface area contributed by atoms with Gasteiger partial charge in [0.05, 0.1) is 21.8 Å². The molecular weight excluding hydrogens is 512 g/mol. The summed E-state index contributed by atoms with van der Waals surface area (Å²) < 4.78 is 27.9. The Balaban J connectivity index is 1.55. The number of carbonyl (C=O) groups excluding carboxylic acids is 2. The van der Waals surface area contributed by atoms with Crippen LogP contribution < -0.4 is 14.9 Å². The molecule has 1 aromatic heterocycles. The van der Waals surface area contributed by atoms with Gasteiger partial charge in [-0.1, -0.05) is 48.0 Å². The Morgan fingerprint density at radius 1 is 0.865 bits per heavy atom. The predicted octanol–water partition coefficient (Wildman–Crippen LogP) is 4.50. The minimum Gasteiger partial charge on any atom is -0.348 e. The lowest BCUT2D eigenvalue weighted by Crippen LogP contribution is -2.38. The molecule has 0 saturated carbocycles. The Hall–Kier alpha value is -4.21. The third-order valence-electron chi connectivity index (χ3n) is 5.35. The molecule has 8 nitrogen and oxygen atoms in total. The lowest BCUT2D eigenvalue weighted by atomic mass is 10.1. The van der Waals surface area contributed by atoms with E-state index in [2.05, 4.69) is 15.6 Å². The van der Waals surface area contributed by atoms with Gasteiger partial charge in [-0.2, -0.15) is 0 Å². The topological polar surface area (TPSA) is 108 Å². The molecule has 0 bridgehead atoms. The molecule has 1 heterocycles. The number of hydrogen-bond donors (Lipinski definition) is 2. The third kappa shape index (κ3) is 6.52. The van der Waals surface area contributed by atoms with Crippen LogP contribution in [0.25, 0.3) is 0 Å². The normalized spacial score (nSPS) is 10.9. The van der Waals surface area contributed by atoms with Gasteiger partial charge in [-0.3, -0.25) is 18.9 Å². The van der Waals surface area contributed by atoms with Crippen molar-refractivity contribution in [3.05, 3.63) is 120 Å². The van der Waals surface area contributed by atoms with Crippen LogP contribution >= 0.6 is 11.6 Å². The average Bonchev–Trinajstić information content (AvgIpc) is 2.92. The number of carbonyl (C=O) groups is 2. The highest BCUT2D eigenvalue weighted by atomic mass is 35.5. The average molecular weight is 535 g/mol. The van der Waals surface area contributed by atoms with E-state index in [0.29, 0.717) is 5.02 Å². The maximum Gasteiger partial charge on any atom is 0.264 e. The van der Waals surface area contributed by atoms with Crippen molar-refractivity contribution < 1.29 is 18.0 Å². The summed E-state index contributed by atoms with van der Waals surface area (Å²) in [5.41, 5.74) is 1.58. The first-order chi connectivity index (χ1) is 17.8. The van der Waals surface area contributed by atoms with E-state index in [9.17, 15) is 18.0 Å². The molecule has 10 heteroatoms. The molecule has 0 aliphatic rings. The Morgan fingerprint density at radius 2 is 1.57 bits per heavy atom. The van der Waals surface area contributed by atoms with Gasteiger partial charge in [0.15, 0.2) is 0 Å². The molecule has 3 aromatic carbocycles. The summed E-state index contributed by atoms with van der Waals surface area (Å²) in [6.45, 7) is -0.265. The van der Waals surface area contributed by atoms with Gasteiger partial charge in [0, 0.05) is 24.0 Å². The maximum atomic E-state index is 13.4. The van der Waals surface area contributed by atoms with Gasteiger partial charge in [0.25, 0.3) is 15.9 Å². The van der Waals surface area contributed by atoms with E-state index in [-0.39, 0.29) is 28.4 Å². The van der Waals surface area contributed by atoms with Crippen molar-refractivity contribution >= 4 is 44.8 Å². The summed E-state index contributed by atoms with van der Waals surface area (Å²) in [6.07, 6.45) is 3.29. The van der Waals surface area contributed by atoms with Crippen LogP contribution in [-0.4, -0.2) is 31.8 Å². The van der Waals surface area contributed by atoms with E-state index in [1.54, 1.807) is 73.1 Å². The Morgan fingerprint density at radius 3 is 2.27 bits per heavy atom. The molecule has 0 spiro atoms. The van der Waals surface area contributed by atoms with Crippen molar-refractivity contribution in [3.63, 3.8) is 0 Å². The highest BCUT2D eigenvalue weighted by molar-refractivity contribution is 7.92. The quantitative estimate of drug-likeness (QED) is 0.329. The van der Waals surface area contributed by atoms with Crippen LogP contribution in [0.2, 0.25) is 5.02 Å². The van der Waals surface area contributed by atoms with Crippen molar-refractivity contribution in [3.8, 4) is 0 Å². The molecule has 0 saturated heterocycles. The van der Waals surface area contributed by atoms with Crippen LogP contribution in [0.3, 0.4) is 0 Å². The van der Waals surface area contributed by atoms with Crippen LogP contribution in [0, 0.1) is 0 Å². The first kappa shape index (κ1) is 25.9. The van der Waals surface area contributed by atoms with E-state index in [1.165, 1.54) is 24.3 Å². The van der Waals surface area contributed by atoms with Crippen molar-refractivity contribution in [1.29, 1.82) is 0 Å². The van der Waals surface area contributed by atoms with Gasteiger partial charge < -0.3 is 10.6 Å². The molecule has 0 radical (unpaired) electrons. The maximum absolute atomic E-state index is 13.4. The number of amides is 2. The van der Waals surface area contributed by atoms with Crippen molar-refractivity contribution in [1.82, 2.24) is 10.3 Å². The number of sulfonamides is 1. The van der Waals surface area contributed by atoms with E-state index >= 15 is 0 Å². The molecule has 4 aromatic rings. The number of nitrogens with zero attached hydrogens (tertiary/aromatic N) is 2. The Kier molecular flexibility index (Phi) is 8.17. The minimum absolute atomic E-state index is 0.0351. The number of anilines is 2. The van der Waals surface area contributed by atoms with Crippen LogP contribution in [0.4, 0.5) is 11.4 Å². The molecule has 188 valence electrons. The first-order valence-corrected chi connectivity index (χ1v) is 13.1. The predicted molar refractivity (Wildman–Crippen MR) is 143 cm³/mol. The number of rotatable bonds is 9. The lowest BCUT2D eigenvalue weighted by Gasteiger charge is -2.24. The van der Waals surface area contributed by atoms with Gasteiger partial charge in [-0.05, 0) is 60.2 Å². The van der Waals surface area contributed by atoms with Crippen molar-refractivity contribution in [2.45, 2.75) is 11.4 Å². The van der Waals surface area contributed by atoms with Gasteiger partial charge in [0.2, 0.25) is 5.91 Å². The molecule has 0 aliphatic heterocycles. The van der Waals surface area contributed by atoms with Gasteiger partial charge in [0.1, 0.15) is 6.54 Å². The molecule has 0 atom stereocenters. The Labute approximate surface area is 220 Å². The zero-order chi connectivity index (χ0) is 26.3. The minimum atomic E-state index is -4.08. The SMILES string of the molecule is O=C(CN(c1ccc(Cl)cc1)S(=O)(=O)c1ccccc1)Nc1ccccc1C(=O)NCc1cccnc1. The summed E-state index contributed by atoms with van der Waals surface area (Å²) in [4.78, 5) is 30.0. The van der Waals surface area contributed by atoms with Gasteiger partial charge in [-0.15, -0.1) is 0 Å². The standard InChI is InChI=1S/C27H23ClN4O4S/c28-21-12-14-22(15-13-21)32(37(35,36)23-8-2-1-3-9-23)19-26(33)31-25-11-5-4-10-24(25)27(34)30-18-20-7-6-16-29-17-20/h1-17H,18-19H2,(H,30,34)(H,31,33). The molecule has 2 N–H and O–H groups in total. The zero-order valence-corrected chi connectivity index (χ0v) is 21.1. The summed E-state index contributed by atoms with van der Waals surface area (Å²) in [5.74, 6) is -1.02. The summed E-state index contributed by atoms with van der Waals surface area (Å²) in [7, 11) is -4.08. The first-order valence-electron chi connectivity index (χ1n) is 11.2. The second-order valence-corrected chi connectivity index (χ2v) is 10.2. The Bertz CT molecular complexity index is 1480. The van der Waals surface area contributed by atoms with Gasteiger partial charge in [-0.25, -0.2) is 8.42 Å². The van der Waals surface area contributed by atoms with Gasteiger partial charge >= 0.3 is 0 Å². The van der Waals surface area contributed by atoms with E-state index in [4.69, 9.17) is 11.6 Å². The second kappa shape index (κ2) is 11.7. The van der Waals surface area contributed by atoms with Crippen LogP contribution in [0.1, 0.15) is 15.9 Å². The largest absolute Gasteiger partial charge is 0.348 e. The third-order valence-corrected chi connectivity index (χ3v) is 7.39. The lowest BCUT2D eigenvalue weighted by molar-refractivity contribution is -0.114. The van der Waals surface area contributed by atoms with Crippen molar-refractivity contribution in [2.24, 2.45) is 0 Å². The highest BCUT2D eigenvalue weighted by Gasteiger charge is 2.27. The number of para-hydroxylation sites is 1. The number of hydrogen-bond acceptors (Lipinski definition) is 5. The molecule has 0 unspecified atom stereocenters. The molecule has 4 rings (SSSR count). The van der Waals surface area contributed by atoms with E-state index in [0.717, 1.165) is 9.87 Å². The van der Waals surface area contributed by atoms with E-state index < -0.39 is 28.4 Å². The fraction of sp³-hybridized carbons (Fsp3) is 0.0741. The van der Waals surface area contributed by atoms with Crippen LogP contribution in [0.15, 0.2) is 108 Å². The number of pyridine rings is 1. The molecule has 2 amide bonds. The smallest absolute Gasteiger partial charge is 0.264 e. The molecular formula is C27H23ClN4O4S. The molecule has 0 fully saturated rings. The molecule has 0 aliphatic carbocycles. The number of benzene rings is 3. The monoisotopic (exact) mass is 534 g/mol. The fourth-order valence-electron chi connectivity index (χ4n) is 3.53. The summed E-state index contributed by atoms with van der Waals surface area (Å²) >= 11 is 5.98. The summed E-state index contributed by atoms with van der Waals surface area (Å²) in [6, 6.07) is 24.1. The van der Waals surface area contributed by atoms with E-state index in [1.807, 2.05) is 6.07 Å². The summed E-state index contributed by atoms with van der Waals surface area (Å²) in [5, 5.41) is 5.91. The van der Waals surface area contributed by atoms with Crippen LogP contribution in [0.5, 0.6) is 0 Å². The fourth-order valence-corrected chi connectivity index (χ4v) is 5.10. The van der Waals surface area contributed by atoms with Crippen LogP contribution in [-0.2, 0) is 21.4 Å². The molecule has 37 heavy (non-hydrogen) atoms. The number of nitrogens with one attached hydrogen (secondary N) is 2. The number of halogens is 1. The second-order valence-electron chi connectivity index (χ2n) is 7.94. The van der Waals surface area contributed by atoms with Crippen molar-refractivity contribution in [2.75, 3.05) is 16.2 Å². The zero-order valence-electron chi connectivity index (χ0n) is 19.5. The highest BCUT2D eigenvalue weighted by Crippen LogP contribution is 2.25.